The van der Waals surface area contributed by atoms with Crippen LogP contribution in [-0.4, -0.2) is 38.6 Å². The number of aromatic amines is 1. The van der Waals surface area contributed by atoms with Crippen LogP contribution in [-0.2, 0) is 28.9 Å². The van der Waals surface area contributed by atoms with Crippen molar-refractivity contribution in [3.8, 4) is 0 Å². The van der Waals surface area contributed by atoms with E-state index in [4.69, 9.17) is 4.74 Å². The van der Waals surface area contributed by atoms with Crippen molar-refractivity contribution in [3.63, 3.8) is 0 Å². The molecule has 0 unspecified atom stereocenters. The highest BCUT2D eigenvalue weighted by atomic mass is 32.2. The molecule has 1 aliphatic heterocycles. The highest BCUT2D eigenvalue weighted by Gasteiger charge is 2.23. The van der Waals surface area contributed by atoms with Gasteiger partial charge in [0.2, 0.25) is 5.91 Å². The first-order chi connectivity index (χ1) is 13.1. The number of hydrogen-bond acceptors (Lipinski definition) is 5. The molecule has 1 aromatic heterocycles. The maximum Gasteiger partial charge on any atom is 0.344 e. The van der Waals surface area contributed by atoms with Crippen LogP contribution in [0.5, 0.6) is 0 Å². The number of nitrogens with zero attached hydrogens (tertiary/aromatic N) is 2. The van der Waals surface area contributed by atoms with E-state index in [9.17, 15) is 9.59 Å². The molecule has 0 spiro atoms. The summed E-state index contributed by atoms with van der Waals surface area (Å²) in [5.41, 5.74) is 3.27. The number of anilines is 1. The molecule has 1 amide bonds. The Balaban J connectivity index is 1.40. The number of H-pyrrole nitrogens is 1. The van der Waals surface area contributed by atoms with Gasteiger partial charge in [0, 0.05) is 12.3 Å². The number of thioether (sulfide) groups is 1. The zero-order chi connectivity index (χ0) is 18.8. The molecule has 27 heavy (non-hydrogen) atoms. The number of aromatic nitrogens is 3. The quantitative estimate of drug-likeness (QED) is 0.742. The van der Waals surface area contributed by atoms with E-state index in [1.165, 1.54) is 29.3 Å². The van der Waals surface area contributed by atoms with Crippen LogP contribution in [0.3, 0.4) is 0 Å². The second kappa shape index (κ2) is 7.90. The largest absolute Gasteiger partial charge is 0.376 e. The van der Waals surface area contributed by atoms with Gasteiger partial charge in [0.15, 0.2) is 5.16 Å². The van der Waals surface area contributed by atoms with Crippen molar-refractivity contribution in [3.05, 3.63) is 39.8 Å². The Morgan fingerprint density at radius 1 is 1.41 bits per heavy atom. The lowest BCUT2D eigenvalue weighted by atomic mass is 10.1. The van der Waals surface area contributed by atoms with Crippen molar-refractivity contribution in [2.45, 2.75) is 62.1 Å². The molecule has 1 fully saturated rings. The number of benzene rings is 1. The van der Waals surface area contributed by atoms with Crippen molar-refractivity contribution in [2.24, 2.45) is 0 Å². The minimum Gasteiger partial charge on any atom is -0.376 e. The Morgan fingerprint density at radius 3 is 3.07 bits per heavy atom. The van der Waals surface area contributed by atoms with Crippen LogP contribution in [0.25, 0.3) is 0 Å². The number of rotatable bonds is 6. The van der Waals surface area contributed by atoms with Gasteiger partial charge in [0.25, 0.3) is 0 Å². The van der Waals surface area contributed by atoms with E-state index in [1.54, 1.807) is 4.57 Å². The maximum atomic E-state index is 12.6. The van der Waals surface area contributed by atoms with Crippen molar-refractivity contribution in [1.29, 1.82) is 0 Å². The van der Waals surface area contributed by atoms with E-state index in [-0.39, 0.29) is 23.0 Å². The molecule has 7 nitrogen and oxygen atoms in total. The number of fused-ring (bicyclic) bond motifs is 1. The fraction of sp³-hybridized carbons (Fsp3) is 0.526. The van der Waals surface area contributed by atoms with Crippen LogP contribution < -0.4 is 11.0 Å². The minimum absolute atomic E-state index is 0.0372. The molecular weight excluding hydrogens is 364 g/mol. The Labute approximate surface area is 161 Å². The van der Waals surface area contributed by atoms with Crippen molar-refractivity contribution in [2.75, 3.05) is 11.9 Å². The summed E-state index contributed by atoms with van der Waals surface area (Å²) in [6, 6.07) is 6.13. The molecule has 0 bridgehead atoms. The third-order valence-electron chi connectivity index (χ3n) is 5.15. The molecule has 2 heterocycles. The first-order valence-corrected chi connectivity index (χ1v) is 10.3. The molecule has 144 valence electrons. The molecule has 8 heteroatoms. The first kappa shape index (κ1) is 18.3. The van der Waals surface area contributed by atoms with E-state index >= 15 is 0 Å². The highest BCUT2D eigenvalue weighted by Crippen LogP contribution is 2.26. The van der Waals surface area contributed by atoms with Crippen LogP contribution in [0.4, 0.5) is 5.69 Å². The SMILES string of the molecule is C[C@@H](Sc1n[nH]c(=O)n1C[C@H]1CCCO1)C(=O)Nc1ccc2c(c1)CCC2. The lowest BCUT2D eigenvalue weighted by Gasteiger charge is -2.14. The number of carbonyl (C=O) groups excluding carboxylic acids is 1. The van der Waals surface area contributed by atoms with E-state index in [1.807, 2.05) is 13.0 Å². The number of nitrogens with one attached hydrogen (secondary N) is 2. The van der Waals surface area contributed by atoms with Crippen molar-refractivity contribution < 1.29 is 9.53 Å². The molecule has 2 aliphatic rings. The number of amides is 1. The van der Waals surface area contributed by atoms with Crippen molar-refractivity contribution >= 4 is 23.4 Å². The van der Waals surface area contributed by atoms with Crippen LogP contribution >= 0.6 is 11.8 Å². The molecule has 0 radical (unpaired) electrons. The molecule has 2 atom stereocenters. The molecule has 1 saturated heterocycles. The van der Waals surface area contributed by atoms with Crippen LogP contribution in [0.15, 0.2) is 28.2 Å². The average molecular weight is 388 g/mol. The van der Waals surface area contributed by atoms with Crippen molar-refractivity contribution in [1.82, 2.24) is 14.8 Å². The number of aryl methyl sites for hydroxylation is 2. The maximum absolute atomic E-state index is 12.6. The predicted octanol–water partition coefficient (Wildman–Crippen LogP) is 2.36. The minimum atomic E-state index is -0.378. The lowest BCUT2D eigenvalue weighted by Crippen LogP contribution is -2.27. The summed E-state index contributed by atoms with van der Waals surface area (Å²) in [5, 5.41) is 9.69. The normalized spacial score (nSPS) is 19.8. The van der Waals surface area contributed by atoms with Gasteiger partial charge in [0.05, 0.1) is 17.9 Å². The third kappa shape index (κ3) is 4.11. The van der Waals surface area contributed by atoms with Gasteiger partial charge in [-0.3, -0.25) is 9.36 Å². The van der Waals surface area contributed by atoms with E-state index < -0.39 is 0 Å². The standard InChI is InChI=1S/C19H24N4O3S/c1-12(17(24)20-15-8-7-13-4-2-5-14(13)10-15)27-19-22-21-18(25)23(19)11-16-6-3-9-26-16/h7-8,10,12,16H,2-6,9,11H2,1H3,(H,20,24)(H,21,25)/t12-,16-/m1/s1. The van der Waals surface area contributed by atoms with Gasteiger partial charge in [-0.1, -0.05) is 17.8 Å². The first-order valence-electron chi connectivity index (χ1n) is 9.46. The average Bonchev–Trinajstić information content (AvgIpc) is 3.39. The number of hydrogen-bond donors (Lipinski definition) is 2. The van der Waals surface area contributed by atoms with E-state index in [0.29, 0.717) is 11.7 Å². The molecule has 0 saturated carbocycles. The fourth-order valence-electron chi connectivity index (χ4n) is 3.65. The smallest absolute Gasteiger partial charge is 0.344 e. The summed E-state index contributed by atoms with van der Waals surface area (Å²) in [6.07, 6.45) is 5.37. The lowest BCUT2D eigenvalue weighted by molar-refractivity contribution is -0.115. The van der Waals surface area contributed by atoms with Gasteiger partial charge in [-0.15, -0.1) is 5.10 Å². The summed E-state index contributed by atoms with van der Waals surface area (Å²) in [5.74, 6) is -0.0999. The Kier molecular flexibility index (Phi) is 5.36. The van der Waals surface area contributed by atoms with E-state index in [0.717, 1.165) is 38.0 Å². The van der Waals surface area contributed by atoms with Gasteiger partial charge >= 0.3 is 5.69 Å². The number of carbonyl (C=O) groups is 1. The zero-order valence-corrected chi connectivity index (χ0v) is 16.2. The molecule has 2 aromatic rings. The van der Waals surface area contributed by atoms with Crippen LogP contribution in [0, 0.1) is 0 Å². The van der Waals surface area contributed by atoms with Gasteiger partial charge in [0.1, 0.15) is 0 Å². The summed E-state index contributed by atoms with van der Waals surface area (Å²) in [6.45, 7) is 3.03. The molecule has 4 rings (SSSR count). The Hall–Kier alpha value is -2.06. The summed E-state index contributed by atoms with van der Waals surface area (Å²) in [4.78, 5) is 24.7. The summed E-state index contributed by atoms with van der Waals surface area (Å²) < 4.78 is 7.18. The second-order valence-corrected chi connectivity index (χ2v) is 8.45. The molecular formula is C19H24N4O3S. The van der Waals surface area contributed by atoms with Gasteiger partial charge < -0.3 is 10.1 Å². The summed E-state index contributed by atoms with van der Waals surface area (Å²) in [7, 11) is 0. The summed E-state index contributed by atoms with van der Waals surface area (Å²) >= 11 is 1.28. The molecule has 1 aliphatic carbocycles. The number of ether oxygens (including phenoxy) is 1. The van der Waals surface area contributed by atoms with Gasteiger partial charge in [-0.25, -0.2) is 9.89 Å². The topological polar surface area (TPSA) is 89.0 Å². The molecule has 2 N–H and O–H groups in total. The van der Waals surface area contributed by atoms with Crippen LogP contribution in [0.1, 0.15) is 37.3 Å². The van der Waals surface area contributed by atoms with Gasteiger partial charge in [-0.05, 0) is 62.3 Å². The van der Waals surface area contributed by atoms with Gasteiger partial charge in [-0.2, -0.15) is 0 Å². The predicted molar refractivity (Wildman–Crippen MR) is 104 cm³/mol. The molecule has 1 aromatic carbocycles. The van der Waals surface area contributed by atoms with Crippen LogP contribution in [0.2, 0.25) is 0 Å². The monoisotopic (exact) mass is 388 g/mol. The Bertz CT molecular complexity index is 885. The highest BCUT2D eigenvalue weighted by molar-refractivity contribution is 8.00. The Morgan fingerprint density at radius 2 is 2.26 bits per heavy atom. The zero-order valence-electron chi connectivity index (χ0n) is 15.4. The fourth-order valence-corrected chi connectivity index (χ4v) is 4.52. The third-order valence-corrected chi connectivity index (χ3v) is 6.24. The van der Waals surface area contributed by atoms with E-state index in [2.05, 4.69) is 27.6 Å². The second-order valence-electron chi connectivity index (χ2n) is 7.14.